The fourth-order valence-electron chi connectivity index (χ4n) is 1.64. The van der Waals surface area contributed by atoms with Gasteiger partial charge < -0.3 is 16.0 Å². The Morgan fingerprint density at radius 2 is 2.24 bits per heavy atom. The van der Waals surface area contributed by atoms with E-state index in [0.717, 1.165) is 25.2 Å². The Labute approximate surface area is 99.1 Å². The summed E-state index contributed by atoms with van der Waals surface area (Å²) in [5, 5.41) is 3.13. The zero-order chi connectivity index (χ0) is 12.1. The van der Waals surface area contributed by atoms with Crippen LogP contribution >= 0.6 is 0 Å². The lowest BCUT2D eigenvalue weighted by Crippen LogP contribution is -2.04. The molecular weight excluding hydrogens is 219 g/mol. The van der Waals surface area contributed by atoms with Crippen molar-refractivity contribution in [2.45, 2.75) is 12.8 Å². The van der Waals surface area contributed by atoms with Gasteiger partial charge >= 0.3 is 0 Å². The second-order valence-corrected chi connectivity index (χ2v) is 3.84. The molecule has 90 valence electrons. The standard InChI is InChI=1S/C12H15FN4/c13-9-6-10(14)8-11(7-9)15-3-1-2-12-16-4-5-17-12/h4-8,15H,1-3,14H2,(H,16,17). The quantitative estimate of drug-likeness (QED) is 0.548. The Bertz CT molecular complexity index is 447. The molecule has 5 heteroatoms. The minimum atomic E-state index is -0.321. The van der Waals surface area contributed by atoms with Gasteiger partial charge in [0.25, 0.3) is 0 Å². The number of aromatic nitrogens is 2. The summed E-state index contributed by atoms with van der Waals surface area (Å²) in [7, 11) is 0. The fraction of sp³-hybridized carbons (Fsp3) is 0.250. The smallest absolute Gasteiger partial charge is 0.127 e. The van der Waals surface area contributed by atoms with Gasteiger partial charge in [-0.1, -0.05) is 0 Å². The summed E-state index contributed by atoms with van der Waals surface area (Å²) in [5.41, 5.74) is 6.69. The lowest BCUT2D eigenvalue weighted by Gasteiger charge is -2.06. The van der Waals surface area contributed by atoms with Crippen LogP contribution in [0.2, 0.25) is 0 Å². The van der Waals surface area contributed by atoms with E-state index in [1.54, 1.807) is 18.5 Å². The van der Waals surface area contributed by atoms with Gasteiger partial charge in [-0.15, -0.1) is 0 Å². The van der Waals surface area contributed by atoms with Crippen molar-refractivity contribution in [3.05, 3.63) is 42.2 Å². The van der Waals surface area contributed by atoms with Crippen molar-refractivity contribution in [2.75, 3.05) is 17.6 Å². The summed E-state index contributed by atoms with van der Waals surface area (Å²) >= 11 is 0. The van der Waals surface area contributed by atoms with Crippen LogP contribution in [-0.4, -0.2) is 16.5 Å². The van der Waals surface area contributed by atoms with Gasteiger partial charge in [-0.2, -0.15) is 0 Å². The maximum Gasteiger partial charge on any atom is 0.127 e. The first-order valence-electron chi connectivity index (χ1n) is 5.52. The average Bonchev–Trinajstić information content (AvgIpc) is 2.76. The molecule has 4 nitrogen and oxygen atoms in total. The minimum absolute atomic E-state index is 0.321. The molecule has 0 unspecified atom stereocenters. The summed E-state index contributed by atoms with van der Waals surface area (Å²) in [4.78, 5) is 7.16. The number of imidazole rings is 1. The van der Waals surface area contributed by atoms with Crippen LogP contribution in [0.15, 0.2) is 30.6 Å². The van der Waals surface area contributed by atoms with Crippen LogP contribution in [0.25, 0.3) is 0 Å². The molecular formula is C12H15FN4. The van der Waals surface area contributed by atoms with Gasteiger partial charge in [0.2, 0.25) is 0 Å². The largest absolute Gasteiger partial charge is 0.399 e. The molecule has 1 heterocycles. The van der Waals surface area contributed by atoms with Crippen LogP contribution in [0.1, 0.15) is 12.2 Å². The number of benzene rings is 1. The minimum Gasteiger partial charge on any atom is -0.399 e. The van der Waals surface area contributed by atoms with E-state index in [1.165, 1.54) is 12.1 Å². The topological polar surface area (TPSA) is 66.7 Å². The highest BCUT2D eigenvalue weighted by atomic mass is 19.1. The SMILES string of the molecule is Nc1cc(F)cc(NCCCc2ncc[nH]2)c1. The molecule has 0 aliphatic carbocycles. The van der Waals surface area contributed by atoms with Crippen LogP contribution in [0, 0.1) is 5.82 Å². The van der Waals surface area contributed by atoms with E-state index in [4.69, 9.17) is 5.73 Å². The van der Waals surface area contributed by atoms with Crippen molar-refractivity contribution in [1.82, 2.24) is 9.97 Å². The van der Waals surface area contributed by atoms with E-state index in [2.05, 4.69) is 15.3 Å². The number of H-pyrrole nitrogens is 1. The highest BCUT2D eigenvalue weighted by molar-refractivity contribution is 5.54. The number of nitrogens with two attached hydrogens (primary N) is 1. The Balaban J connectivity index is 1.78. The van der Waals surface area contributed by atoms with Gasteiger partial charge in [-0.25, -0.2) is 9.37 Å². The van der Waals surface area contributed by atoms with E-state index >= 15 is 0 Å². The second-order valence-electron chi connectivity index (χ2n) is 3.84. The van der Waals surface area contributed by atoms with Crippen LogP contribution in [-0.2, 0) is 6.42 Å². The fourth-order valence-corrected chi connectivity index (χ4v) is 1.64. The number of anilines is 2. The number of hydrogen-bond donors (Lipinski definition) is 3. The average molecular weight is 234 g/mol. The maximum absolute atomic E-state index is 13.0. The molecule has 2 rings (SSSR count). The highest BCUT2D eigenvalue weighted by Crippen LogP contribution is 2.15. The first-order valence-corrected chi connectivity index (χ1v) is 5.52. The van der Waals surface area contributed by atoms with E-state index in [-0.39, 0.29) is 5.82 Å². The molecule has 0 amide bonds. The highest BCUT2D eigenvalue weighted by Gasteiger charge is 1.98. The zero-order valence-corrected chi connectivity index (χ0v) is 9.41. The third kappa shape index (κ3) is 3.48. The molecule has 0 aliphatic heterocycles. The van der Waals surface area contributed by atoms with Crippen LogP contribution < -0.4 is 11.1 Å². The van der Waals surface area contributed by atoms with Crippen LogP contribution in [0.5, 0.6) is 0 Å². The maximum atomic E-state index is 13.0. The van der Waals surface area contributed by atoms with Gasteiger partial charge in [0.05, 0.1) is 0 Å². The molecule has 0 saturated heterocycles. The zero-order valence-electron chi connectivity index (χ0n) is 9.41. The molecule has 0 saturated carbocycles. The van der Waals surface area contributed by atoms with Gasteiger partial charge in [-0.05, 0) is 24.6 Å². The van der Waals surface area contributed by atoms with Crippen molar-refractivity contribution in [2.24, 2.45) is 0 Å². The van der Waals surface area contributed by atoms with Crippen LogP contribution in [0.4, 0.5) is 15.8 Å². The van der Waals surface area contributed by atoms with Crippen molar-refractivity contribution < 1.29 is 4.39 Å². The summed E-state index contributed by atoms with van der Waals surface area (Å²) in [6, 6.07) is 4.45. The van der Waals surface area contributed by atoms with Crippen LogP contribution in [0.3, 0.4) is 0 Å². The molecule has 4 N–H and O–H groups in total. The molecule has 0 bridgehead atoms. The normalized spacial score (nSPS) is 10.4. The summed E-state index contributed by atoms with van der Waals surface area (Å²) in [6.45, 7) is 0.754. The molecule has 0 aliphatic rings. The number of aryl methyl sites for hydroxylation is 1. The van der Waals surface area contributed by atoms with Gasteiger partial charge in [0, 0.05) is 36.7 Å². The summed E-state index contributed by atoms with van der Waals surface area (Å²) < 4.78 is 13.0. The van der Waals surface area contributed by atoms with Crippen molar-refractivity contribution in [3.8, 4) is 0 Å². The van der Waals surface area contributed by atoms with Gasteiger partial charge in [0.1, 0.15) is 11.6 Å². The molecule has 0 fully saturated rings. The van der Waals surface area contributed by atoms with Gasteiger partial charge in [-0.3, -0.25) is 0 Å². The number of hydrogen-bond acceptors (Lipinski definition) is 3. The first-order chi connectivity index (χ1) is 8.24. The number of rotatable bonds is 5. The number of nitrogens with one attached hydrogen (secondary N) is 2. The number of aromatic amines is 1. The molecule has 17 heavy (non-hydrogen) atoms. The predicted octanol–water partition coefficient (Wildman–Crippen LogP) is 2.18. The third-order valence-corrected chi connectivity index (χ3v) is 2.39. The third-order valence-electron chi connectivity index (χ3n) is 2.39. The van der Waals surface area contributed by atoms with Crippen molar-refractivity contribution in [3.63, 3.8) is 0 Å². The molecule has 1 aromatic carbocycles. The Hall–Kier alpha value is -2.04. The monoisotopic (exact) mass is 234 g/mol. The number of halogens is 1. The summed E-state index contributed by atoms with van der Waals surface area (Å²) in [6.07, 6.45) is 5.32. The van der Waals surface area contributed by atoms with E-state index in [1.807, 2.05) is 0 Å². The summed E-state index contributed by atoms with van der Waals surface area (Å²) in [5.74, 6) is 0.643. The molecule has 0 atom stereocenters. The molecule has 0 spiro atoms. The predicted molar refractivity (Wildman–Crippen MR) is 66.2 cm³/mol. The molecule has 2 aromatic rings. The van der Waals surface area contributed by atoms with Crippen molar-refractivity contribution in [1.29, 1.82) is 0 Å². The lowest BCUT2D eigenvalue weighted by molar-refractivity contribution is 0.629. The Kier molecular flexibility index (Phi) is 3.59. The van der Waals surface area contributed by atoms with Gasteiger partial charge in [0.15, 0.2) is 0 Å². The Morgan fingerprint density at radius 1 is 1.35 bits per heavy atom. The van der Waals surface area contributed by atoms with Crippen molar-refractivity contribution >= 4 is 11.4 Å². The number of nitrogens with zero attached hydrogens (tertiary/aromatic N) is 1. The molecule has 1 aromatic heterocycles. The Morgan fingerprint density at radius 3 is 2.94 bits per heavy atom. The van der Waals surface area contributed by atoms with E-state index in [0.29, 0.717) is 11.4 Å². The van der Waals surface area contributed by atoms with E-state index in [9.17, 15) is 4.39 Å². The second kappa shape index (κ2) is 5.34. The molecule has 0 radical (unpaired) electrons. The number of nitrogen functional groups attached to an aromatic ring is 1. The first kappa shape index (κ1) is 11.4. The lowest BCUT2D eigenvalue weighted by atomic mass is 10.2. The van der Waals surface area contributed by atoms with E-state index < -0.39 is 0 Å².